The molecule has 0 fully saturated rings. The second-order valence-corrected chi connectivity index (χ2v) is 5.85. The molecule has 0 N–H and O–H groups in total. The molecule has 0 atom stereocenters. The summed E-state index contributed by atoms with van der Waals surface area (Å²) in [6, 6.07) is 15.9. The van der Waals surface area contributed by atoms with Crippen LogP contribution < -0.4 is 10.2 Å². The molecule has 0 aliphatic heterocycles. The van der Waals surface area contributed by atoms with Crippen molar-refractivity contribution in [2.24, 2.45) is 0 Å². The summed E-state index contributed by atoms with van der Waals surface area (Å²) in [5.74, 6) is 0.917. The Kier molecular flexibility index (Phi) is 5.37. The summed E-state index contributed by atoms with van der Waals surface area (Å²) in [5.41, 5.74) is 1.15. The normalized spacial score (nSPS) is 10.7. The lowest BCUT2D eigenvalue weighted by molar-refractivity contribution is -0.132. The maximum Gasteiger partial charge on any atom is 0.260 e. The Morgan fingerprint density at radius 1 is 1.04 bits per heavy atom. The average Bonchev–Trinajstić information content (AvgIpc) is 2.67. The van der Waals surface area contributed by atoms with Gasteiger partial charge in [0, 0.05) is 30.8 Å². The Balaban J connectivity index is 1.88. The molecule has 0 radical (unpaired) electrons. The van der Waals surface area contributed by atoms with E-state index in [1.165, 1.54) is 6.07 Å². The molecular weight excluding hydrogens is 330 g/mol. The smallest absolute Gasteiger partial charge is 0.260 e. The van der Waals surface area contributed by atoms with Gasteiger partial charge in [0.05, 0.1) is 5.39 Å². The van der Waals surface area contributed by atoms with Crippen molar-refractivity contribution in [2.45, 2.75) is 13.8 Å². The number of rotatable bonds is 6. The van der Waals surface area contributed by atoms with Crippen molar-refractivity contribution in [2.75, 3.05) is 19.7 Å². The highest BCUT2D eigenvalue weighted by Crippen LogP contribution is 2.24. The van der Waals surface area contributed by atoms with Crippen molar-refractivity contribution in [3.63, 3.8) is 0 Å². The zero-order valence-corrected chi connectivity index (χ0v) is 14.9. The number of benzene rings is 2. The van der Waals surface area contributed by atoms with Crippen LogP contribution >= 0.6 is 0 Å². The number of ether oxygens (including phenoxy) is 1. The van der Waals surface area contributed by atoms with Crippen LogP contribution in [-0.4, -0.2) is 30.5 Å². The van der Waals surface area contributed by atoms with Gasteiger partial charge in [0.2, 0.25) is 0 Å². The van der Waals surface area contributed by atoms with Gasteiger partial charge in [-0.15, -0.1) is 0 Å². The first kappa shape index (κ1) is 17.7. The van der Waals surface area contributed by atoms with Crippen LogP contribution in [0.1, 0.15) is 13.8 Å². The highest BCUT2D eigenvalue weighted by Gasteiger charge is 2.12. The molecule has 3 rings (SSSR count). The van der Waals surface area contributed by atoms with Crippen LogP contribution in [0.15, 0.2) is 63.8 Å². The molecular formula is C21H21NO4. The van der Waals surface area contributed by atoms with Gasteiger partial charge >= 0.3 is 0 Å². The fraction of sp³-hybridized carbons (Fsp3) is 0.238. The maximum atomic E-state index is 12.4. The first-order valence-corrected chi connectivity index (χ1v) is 8.66. The van der Waals surface area contributed by atoms with Gasteiger partial charge in [-0.25, -0.2) is 0 Å². The van der Waals surface area contributed by atoms with Crippen molar-refractivity contribution in [1.29, 1.82) is 0 Å². The summed E-state index contributed by atoms with van der Waals surface area (Å²) in [6.07, 6.45) is 0. The Bertz CT molecular complexity index is 959. The monoisotopic (exact) mass is 351 g/mol. The summed E-state index contributed by atoms with van der Waals surface area (Å²) >= 11 is 0. The lowest BCUT2D eigenvalue weighted by Gasteiger charge is -2.18. The zero-order chi connectivity index (χ0) is 18.5. The van der Waals surface area contributed by atoms with Crippen molar-refractivity contribution in [3.8, 4) is 17.1 Å². The predicted molar refractivity (Wildman–Crippen MR) is 101 cm³/mol. The molecule has 0 saturated carbocycles. The Hall–Kier alpha value is -3.08. The van der Waals surface area contributed by atoms with Crippen LogP contribution in [0.25, 0.3) is 22.3 Å². The highest BCUT2D eigenvalue weighted by molar-refractivity contribution is 5.81. The summed E-state index contributed by atoms with van der Waals surface area (Å²) in [4.78, 5) is 26.1. The van der Waals surface area contributed by atoms with Crippen molar-refractivity contribution in [1.82, 2.24) is 4.90 Å². The Morgan fingerprint density at radius 3 is 2.46 bits per heavy atom. The molecule has 5 heteroatoms. The topological polar surface area (TPSA) is 59.8 Å². The molecule has 5 nitrogen and oxygen atoms in total. The molecule has 2 aromatic carbocycles. The van der Waals surface area contributed by atoms with Gasteiger partial charge in [-0.05, 0) is 26.0 Å². The van der Waals surface area contributed by atoms with E-state index in [0.29, 0.717) is 35.6 Å². The minimum absolute atomic E-state index is 0.0458. The summed E-state index contributed by atoms with van der Waals surface area (Å²) in [5, 5.41) is 0.479. The van der Waals surface area contributed by atoms with E-state index in [4.69, 9.17) is 9.15 Å². The second-order valence-electron chi connectivity index (χ2n) is 5.85. The van der Waals surface area contributed by atoms with Crippen LogP contribution in [0.3, 0.4) is 0 Å². The second kappa shape index (κ2) is 7.87. The fourth-order valence-electron chi connectivity index (χ4n) is 2.78. The molecule has 1 aromatic heterocycles. The van der Waals surface area contributed by atoms with Crippen LogP contribution in [0.4, 0.5) is 0 Å². The molecule has 3 aromatic rings. The fourth-order valence-corrected chi connectivity index (χ4v) is 2.78. The summed E-state index contributed by atoms with van der Waals surface area (Å²) in [6.45, 7) is 5.10. The van der Waals surface area contributed by atoms with E-state index < -0.39 is 0 Å². The van der Waals surface area contributed by atoms with E-state index in [0.717, 1.165) is 5.56 Å². The standard InChI is InChI=1S/C21H21NO4/c1-3-22(4-2)21(24)14-25-16-10-11-17-18(23)13-19(26-20(17)12-16)15-8-6-5-7-9-15/h5-13H,3-4,14H2,1-2H3. The lowest BCUT2D eigenvalue weighted by atomic mass is 10.1. The van der Waals surface area contributed by atoms with Gasteiger partial charge in [-0.3, -0.25) is 9.59 Å². The van der Waals surface area contributed by atoms with Crippen molar-refractivity contribution >= 4 is 16.9 Å². The van der Waals surface area contributed by atoms with Gasteiger partial charge in [-0.2, -0.15) is 0 Å². The third kappa shape index (κ3) is 3.77. The number of amides is 1. The Morgan fingerprint density at radius 2 is 1.77 bits per heavy atom. The molecule has 0 aliphatic carbocycles. The summed E-state index contributed by atoms with van der Waals surface area (Å²) < 4.78 is 11.5. The molecule has 1 amide bonds. The van der Waals surface area contributed by atoms with E-state index in [1.54, 1.807) is 23.1 Å². The minimum atomic E-state index is -0.115. The van der Waals surface area contributed by atoms with Crippen molar-refractivity contribution in [3.05, 3.63) is 64.8 Å². The summed E-state index contributed by atoms with van der Waals surface area (Å²) in [7, 11) is 0. The predicted octanol–water partition coefficient (Wildman–Crippen LogP) is 3.71. The number of fused-ring (bicyclic) bond motifs is 1. The largest absolute Gasteiger partial charge is 0.484 e. The first-order chi connectivity index (χ1) is 12.6. The number of carbonyl (C=O) groups is 1. The van der Waals surface area contributed by atoms with Gasteiger partial charge in [0.25, 0.3) is 5.91 Å². The molecule has 0 bridgehead atoms. The van der Waals surface area contributed by atoms with Crippen LogP contribution in [-0.2, 0) is 4.79 Å². The van der Waals surface area contributed by atoms with E-state index in [9.17, 15) is 9.59 Å². The number of nitrogens with zero attached hydrogens (tertiary/aromatic N) is 1. The molecule has 26 heavy (non-hydrogen) atoms. The minimum Gasteiger partial charge on any atom is -0.484 e. The molecule has 134 valence electrons. The molecule has 0 spiro atoms. The first-order valence-electron chi connectivity index (χ1n) is 8.66. The third-order valence-corrected chi connectivity index (χ3v) is 4.24. The average molecular weight is 351 g/mol. The quantitative estimate of drug-likeness (QED) is 0.679. The lowest BCUT2D eigenvalue weighted by Crippen LogP contribution is -2.34. The highest BCUT2D eigenvalue weighted by atomic mass is 16.5. The number of hydrogen-bond donors (Lipinski definition) is 0. The third-order valence-electron chi connectivity index (χ3n) is 4.24. The zero-order valence-electron chi connectivity index (χ0n) is 14.9. The Labute approximate surface area is 151 Å². The molecule has 0 saturated heterocycles. The molecule has 0 aliphatic rings. The van der Waals surface area contributed by atoms with Crippen LogP contribution in [0, 0.1) is 0 Å². The van der Waals surface area contributed by atoms with Gasteiger partial charge in [0.15, 0.2) is 12.0 Å². The van der Waals surface area contributed by atoms with E-state index in [1.807, 2.05) is 44.2 Å². The van der Waals surface area contributed by atoms with E-state index in [2.05, 4.69) is 0 Å². The van der Waals surface area contributed by atoms with E-state index >= 15 is 0 Å². The number of carbonyl (C=O) groups excluding carboxylic acids is 1. The van der Waals surface area contributed by atoms with E-state index in [-0.39, 0.29) is 17.9 Å². The van der Waals surface area contributed by atoms with Gasteiger partial charge in [0.1, 0.15) is 17.1 Å². The SMILES string of the molecule is CCN(CC)C(=O)COc1ccc2c(=O)cc(-c3ccccc3)oc2c1. The van der Waals surface area contributed by atoms with Crippen LogP contribution in [0.2, 0.25) is 0 Å². The number of hydrogen-bond acceptors (Lipinski definition) is 4. The molecule has 0 unspecified atom stereocenters. The van der Waals surface area contributed by atoms with Crippen molar-refractivity contribution < 1.29 is 13.9 Å². The maximum absolute atomic E-state index is 12.4. The van der Waals surface area contributed by atoms with Gasteiger partial charge < -0.3 is 14.1 Å². The van der Waals surface area contributed by atoms with Gasteiger partial charge in [-0.1, -0.05) is 30.3 Å². The molecule has 1 heterocycles. The van der Waals surface area contributed by atoms with Crippen LogP contribution in [0.5, 0.6) is 5.75 Å². The number of likely N-dealkylation sites (N-methyl/N-ethyl adjacent to an activating group) is 1.